The molecule has 1 aliphatic rings. The Labute approximate surface area is 171 Å². The molecule has 1 aliphatic heterocycles. The lowest BCUT2D eigenvalue weighted by Crippen LogP contribution is -2.41. The average Bonchev–Trinajstić information content (AvgIpc) is 2.85. The molecule has 0 radical (unpaired) electrons. The minimum absolute atomic E-state index is 0.00944. The maximum Gasteiger partial charge on any atom is 0.240 e. The SMILES string of the molecule is CN(CCCNC(=O)CN1C(=O)CCSc2ccccc21)Cc1ccccc1. The first-order valence-corrected chi connectivity index (χ1v) is 10.6. The van der Waals surface area contributed by atoms with Crippen LogP contribution in [-0.4, -0.2) is 49.1 Å². The molecule has 28 heavy (non-hydrogen) atoms. The zero-order valence-electron chi connectivity index (χ0n) is 16.3. The quantitative estimate of drug-likeness (QED) is 0.696. The smallest absolute Gasteiger partial charge is 0.240 e. The van der Waals surface area contributed by atoms with Gasteiger partial charge in [-0.25, -0.2) is 0 Å². The minimum Gasteiger partial charge on any atom is -0.355 e. The van der Waals surface area contributed by atoms with Crippen LogP contribution in [0.1, 0.15) is 18.4 Å². The van der Waals surface area contributed by atoms with Crippen molar-refractivity contribution in [1.82, 2.24) is 10.2 Å². The summed E-state index contributed by atoms with van der Waals surface area (Å²) >= 11 is 1.67. The minimum atomic E-state index is -0.110. The standard InChI is InChI=1S/C22H27N3O2S/c1-24(16-18-8-3-2-4-9-18)14-7-13-23-21(26)17-25-19-10-5-6-11-20(19)28-15-12-22(25)27/h2-6,8-11H,7,12-17H2,1H3,(H,23,26). The number of hydrogen-bond acceptors (Lipinski definition) is 4. The fourth-order valence-electron chi connectivity index (χ4n) is 3.24. The van der Waals surface area contributed by atoms with E-state index in [1.165, 1.54) is 5.56 Å². The molecule has 6 heteroatoms. The van der Waals surface area contributed by atoms with Gasteiger partial charge < -0.3 is 15.1 Å². The zero-order valence-corrected chi connectivity index (χ0v) is 17.1. The summed E-state index contributed by atoms with van der Waals surface area (Å²) in [6.45, 7) is 2.48. The van der Waals surface area contributed by atoms with E-state index in [0.717, 1.165) is 35.8 Å². The number of para-hydroxylation sites is 1. The topological polar surface area (TPSA) is 52.7 Å². The van der Waals surface area contributed by atoms with Gasteiger partial charge in [0.15, 0.2) is 0 Å². The third-order valence-corrected chi connectivity index (χ3v) is 5.73. The molecule has 0 atom stereocenters. The van der Waals surface area contributed by atoms with Crippen LogP contribution in [0, 0.1) is 0 Å². The van der Waals surface area contributed by atoms with Crippen LogP contribution in [-0.2, 0) is 16.1 Å². The summed E-state index contributed by atoms with van der Waals surface area (Å²) in [5.74, 6) is 0.651. The summed E-state index contributed by atoms with van der Waals surface area (Å²) in [6.07, 6.45) is 1.33. The first kappa shape index (κ1) is 20.4. The second-order valence-corrected chi connectivity index (χ2v) is 8.11. The summed E-state index contributed by atoms with van der Waals surface area (Å²) < 4.78 is 0. The second-order valence-electron chi connectivity index (χ2n) is 6.97. The van der Waals surface area contributed by atoms with Crippen molar-refractivity contribution in [3.63, 3.8) is 0 Å². The number of hydrogen-bond donors (Lipinski definition) is 1. The molecule has 0 saturated carbocycles. The molecule has 1 heterocycles. The largest absolute Gasteiger partial charge is 0.355 e. The van der Waals surface area contributed by atoms with Crippen molar-refractivity contribution in [1.29, 1.82) is 0 Å². The first-order valence-electron chi connectivity index (χ1n) is 9.65. The van der Waals surface area contributed by atoms with Crippen molar-refractivity contribution >= 4 is 29.3 Å². The fraction of sp³-hybridized carbons (Fsp3) is 0.364. The maximum atomic E-state index is 12.4. The monoisotopic (exact) mass is 397 g/mol. The van der Waals surface area contributed by atoms with Crippen LogP contribution in [0.25, 0.3) is 0 Å². The van der Waals surface area contributed by atoms with Gasteiger partial charge in [-0.1, -0.05) is 42.5 Å². The number of fused-ring (bicyclic) bond motifs is 1. The molecule has 2 aromatic rings. The molecule has 0 bridgehead atoms. The number of carbonyl (C=O) groups excluding carboxylic acids is 2. The molecule has 2 amide bonds. The third kappa shape index (κ3) is 5.84. The van der Waals surface area contributed by atoms with Gasteiger partial charge in [-0.15, -0.1) is 11.8 Å². The molecule has 0 aromatic heterocycles. The van der Waals surface area contributed by atoms with E-state index in [-0.39, 0.29) is 18.4 Å². The Balaban J connectivity index is 1.43. The van der Waals surface area contributed by atoms with Crippen molar-refractivity contribution in [2.75, 3.05) is 37.3 Å². The molecular weight excluding hydrogens is 370 g/mol. The van der Waals surface area contributed by atoms with Crippen LogP contribution in [0.4, 0.5) is 5.69 Å². The number of benzene rings is 2. The summed E-state index contributed by atoms with van der Waals surface area (Å²) in [6, 6.07) is 18.1. The Kier molecular flexibility index (Phi) is 7.51. The highest BCUT2D eigenvalue weighted by Gasteiger charge is 2.24. The van der Waals surface area contributed by atoms with Gasteiger partial charge in [-0.2, -0.15) is 0 Å². The number of carbonyl (C=O) groups is 2. The van der Waals surface area contributed by atoms with Gasteiger partial charge in [0, 0.05) is 30.2 Å². The molecule has 1 N–H and O–H groups in total. The lowest BCUT2D eigenvalue weighted by Gasteiger charge is -2.22. The first-order chi connectivity index (χ1) is 13.6. The summed E-state index contributed by atoms with van der Waals surface area (Å²) in [7, 11) is 2.08. The van der Waals surface area contributed by atoms with Gasteiger partial charge in [0.25, 0.3) is 0 Å². The van der Waals surface area contributed by atoms with Crippen molar-refractivity contribution in [3.8, 4) is 0 Å². The Morgan fingerprint density at radius 1 is 1.14 bits per heavy atom. The van der Waals surface area contributed by atoms with E-state index in [1.807, 2.05) is 42.5 Å². The highest BCUT2D eigenvalue weighted by atomic mass is 32.2. The second kappa shape index (κ2) is 10.3. The van der Waals surface area contributed by atoms with E-state index in [0.29, 0.717) is 13.0 Å². The Morgan fingerprint density at radius 2 is 1.89 bits per heavy atom. The molecular formula is C22H27N3O2S. The zero-order chi connectivity index (χ0) is 19.8. The van der Waals surface area contributed by atoms with Crippen molar-refractivity contribution in [2.24, 2.45) is 0 Å². The lowest BCUT2D eigenvalue weighted by atomic mass is 10.2. The summed E-state index contributed by atoms with van der Waals surface area (Å²) in [5, 5.41) is 2.95. The molecule has 0 aliphatic carbocycles. The highest BCUT2D eigenvalue weighted by molar-refractivity contribution is 7.99. The maximum absolute atomic E-state index is 12.4. The van der Waals surface area contributed by atoms with Gasteiger partial charge in [-0.3, -0.25) is 9.59 Å². The van der Waals surface area contributed by atoms with Gasteiger partial charge in [0.05, 0.1) is 5.69 Å². The molecule has 0 unspecified atom stereocenters. The molecule has 0 fully saturated rings. The van der Waals surface area contributed by atoms with Crippen molar-refractivity contribution in [3.05, 3.63) is 60.2 Å². The fourth-order valence-corrected chi connectivity index (χ4v) is 4.24. The Morgan fingerprint density at radius 3 is 2.71 bits per heavy atom. The van der Waals surface area contributed by atoms with Crippen LogP contribution in [0.15, 0.2) is 59.5 Å². The van der Waals surface area contributed by atoms with Crippen LogP contribution in [0.2, 0.25) is 0 Å². The number of thioether (sulfide) groups is 1. The van der Waals surface area contributed by atoms with E-state index in [4.69, 9.17) is 0 Å². The summed E-state index contributed by atoms with van der Waals surface area (Å²) in [4.78, 5) is 29.7. The molecule has 3 rings (SSSR count). The summed E-state index contributed by atoms with van der Waals surface area (Å²) in [5.41, 5.74) is 2.12. The molecule has 0 spiro atoms. The number of nitrogens with one attached hydrogen (secondary N) is 1. The van der Waals surface area contributed by atoms with E-state index < -0.39 is 0 Å². The number of rotatable bonds is 8. The van der Waals surface area contributed by atoms with E-state index in [9.17, 15) is 9.59 Å². The normalized spacial score (nSPS) is 13.9. The number of anilines is 1. The molecule has 148 valence electrons. The third-order valence-electron chi connectivity index (χ3n) is 4.67. The van der Waals surface area contributed by atoms with Crippen LogP contribution < -0.4 is 10.2 Å². The van der Waals surface area contributed by atoms with Crippen LogP contribution >= 0.6 is 11.8 Å². The van der Waals surface area contributed by atoms with E-state index in [1.54, 1.807) is 16.7 Å². The van der Waals surface area contributed by atoms with Crippen molar-refractivity contribution in [2.45, 2.75) is 24.3 Å². The van der Waals surface area contributed by atoms with Gasteiger partial charge >= 0.3 is 0 Å². The lowest BCUT2D eigenvalue weighted by molar-refractivity contribution is -0.123. The number of nitrogens with zero attached hydrogens (tertiary/aromatic N) is 2. The van der Waals surface area contributed by atoms with Crippen molar-refractivity contribution < 1.29 is 9.59 Å². The van der Waals surface area contributed by atoms with Crippen LogP contribution in [0.5, 0.6) is 0 Å². The van der Waals surface area contributed by atoms with E-state index >= 15 is 0 Å². The Hall–Kier alpha value is -2.31. The number of amides is 2. The van der Waals surface area contributed by atoms with E-state index in [2.05, 4.69) is 29.4 Å². The Bertz CT molecular complexity index is 797. The predicted molar refractivity (Wildman–Crippen MR) is 115 cm³/mol. The average molecular weight is 398 g/mol. The molecule has 0 saturated heterocycles. The van der Waals surface area contributed by atoms with Gasteiger partial charge in [-0.05, 0) is 37.7 Å². The molecule has 5 nitrogen and oxygen atoms in total. The highest BCUT2D eigenvalue weighted by Crippen LogP contribution is 2.33. The van der Waals surface area contributed by atoms with Gasteiger partial charge in [0.2, 0.25) is 11.8 Å². The van der Waals surface area contributed by atoms with Crippen LogP contribution in [0.3, 0.4) is 0 Å². The predicted octanol–water partition coefficient (Wildman–Crippen LogP) is 3.15. The van der Waals surface area contributed by atoms with Gasteiger partial charge in [0.1, 0.15) is 6.54 Å². The molecule has 2 aromatic carbocycles.